The van der Waals surface area contributed by atoms with Gasteiger partial charge < -0.3 is 24.6 Å². The second kappa shape index (κ2) is 4.78. The summed E-state index contributed by atoms with van der Waals surface area (Å²) in [6.07, 6.45) is -3.47. The lowest BCUT2D eigenvalue weighted by Gasteiger charge is -2.37. The zero-order valence-corrected chi connectivity index (χ0v) is 11.2. The molecule has 1 aliphatic rings. The van der Waals surface area contributed by atoms with E-state index in [2.05, 4.69) is 4.98 Å². The number of ether oxygens (including phenoxy) is 1. The summed E-state index contributed by atoms with van der Waals surface area (Å²) in [5, 5.41) is 25.9. The van der Waals surface area contributed by atoms with Crippen molar-refractivity contribution in [2.45, 2.75) is 29.1 Å². The average Bonchev–Trinajstić information content (AvgIpc) is 2.51. The Labute approximate surface area is 127 Å². The van der Waals surface area contributed by atoms with Gasteiger partial charge in [-0.3, -0.25) is 9.78 Å². The second-order valence-electron chi connectivity index (χ2n) is 4.69. The minimum Gasteiger partial charge on any atom is -0.403 e. The number of aliphatic hydroxyl groups excluding tert-OH is 2. The molecule has 1 aliphatic heterocycles. The molecule has 0 unspecified atom stereocenters. The highest BCUT2D eigenvalue weighted by molar-refractivity contribution is 7.71. The minimum atomic E-state index is -3.48. The van der Waals surface area contributed by atoms with Gasteiger partial charge in [0.2, 0.25) is 0 Å². The molecule has 1 saturated heterocycles. The Morgan fingerprint density at radius 2 is 2.05 bits per heavy atom. The molecule has 0 saturated carbocycles. The van der Waals surface area contributed by atoms with E-state index in [1.165, 1.54) is 0 Å². The topological polar surface area (TPSA) is 108 Å². The molecule has 1 aromatic rings. The van der Waals surface area contributed by atoms with E-state index in [-0.39, 0.29) is 4.77 Å². The van der Waals surface area contributed by atoms with Crippen molar-refractivity contribution < 1.29 is 24.4 Å². The molecule has 1 fully saturated rings. The highest BCUT2D eigenvalue weighted by atomic mass is 32.1. The van der Waals surface area contributed by atoms with Crippen LogP contribution in [0.5, 0.6) is 0 Å². The van der Waals surface area contributed by atoms with Gasteiger partial charge in [0, 0.05) is 17.7 Å². The number of aromatic nitrogens is 2. The number of hydrogen-bond donors (Lipinski definition) is 4. The van der Waals surface area contributed by atoms with Crippen molar-refractivity contribution in [1.82, 2.24) is 9.55 Å². The summed E-state index contributed by atoms with van der Waals surface area (Å²) in [6, 6.07) is 0.974. The van der Waals surface area contributed by atoms with Gasteiger partial charge in [0.05, 0.1) is 0 Å². The van der Waals surface area contributed by atoms with Crippen LogP contribution >= 0.6 is 12.2 Å². The van der Waals surface area contributed by atoms with E-state index >= 15 is 0 Å². The van der Waals surface area contributed by atoms with Gasteiger partial charge in [0.15, 0.2) is 4.77 Å². The molecular weight excluding hydrogens is 300 g/mol. The SMILES string of the molecule is [B]C([B])(O)[C@@]1(F)O[C@@]([B])(n2ccc(=O)[nH]c2=S)[C@H](O)[C@@H]1O. The van der Waals surface area contributed by atoms with Crippen LogP contribution in [0.3, 0.4) is 0 Å². The van der Waals surface area contributed by atoms with Gasteiger partial charge in [-0.05, 0) is 12.2 Å². The molecule has 0 aromatic carbocycles. The Morgan fingerprint density at radius 3 is 2.48 bits per heavy atom. The van der Waals surface area contributed by atoms with E-state index in [1.54, 1.807) is 0 Å². The lowest BCUT2D eigenvalue weighted by Crippen LogP contribution is -2.59. The van der Waals surface area contributed by atoms with Gasteiger partial charge >= 0.3 is 0 Å². The maximum absolute atomic E-state index is 14.5. The molecule has 4 N–H and O–H groups in total. The number of H-pyrrole nitrogens is 1. The quantitative estimate of drug-likeness (QED) is 0.345. The van der Waals surface area contributed by atoms with Gasteiger partial charge in [0.25, 0.3) is 11.4 Å². The van der Waals surface area contributed by atoms with Crippen LogP contribution in [0.2, 0.25) is 0 Å². The van der Waals surface area contributed by atoms with E-state index in [4.69, 9.17) is 40.5 Å². The van der Waals surface area contributed by atoms with Gasteiger partial charge in [-0.1, -0.05) is 0 Å². The molecule has 7 nitrogen and oxygen atoms in total. The second-order valence-corrected chi connectivity index (χ2v) is 5.08. The Morgan fingerprint density at radius 1 is 1.48 bits per heavy atom. The molecule has 21 heavy (non-hydrogen) atoms. The first-order valence-corrected chi connectivity index (χ1v) is 6.01. The fourth-order valence-corrected chi connectivity index (χ4v) is 2.29. The molecule has 0 aliphatic carbocycles. The smallest absolute Gasteiger partial charge is 0.251 e. The first-order chi connectivity index (χ1) is 9.43. The first-order valence-electron chi connectivity index (χ1n) is 5.60. The summed E-state index contributed by atoms with van der Waals surface area (Å²) in [6.45, 7) is 0. The Balaban J connectivity index is 2.59. The van der Waals surface area contributed by atoms with Crippen molar-refractivity contribution in [3.05, 3.63) is 27.4 Å². The zero-order chi connectivity index (χ0) is 16.2. The first kappa shape index (κ1) is 16.4. The number of hydrogen-bond acceptors (Lipinski definition) is 6. The summed E-state index contributed by atoms with van der Waals surface area (Å²) in [5.74, 6) is -3.48. The third-order valence-corrected chi connectivity index (χ3v) is 3.46. The minimum absolute atomic E-state index is 0.321. The predicted octanol–water partition coefficient (Wildman–Crippen LogP) is -2.91. The maximum atomic E-state index is 14.5. The Hall–Kier alpha value is -0.935. The van der Waals surface area contributed by atoms with Crippen molar-refractivity contribution in [2.24, 2.45) is 0 Å². The molecule has 4 atom stereocenters. The summed E-state index contributed by atoms with van der Waals surface area (Å²) >= 11 is 4.82. The molecule has 2 rings (SSSR count). The van der Waals surface area contributed by atoms with Crippen LogP contribution in [0.15, 0.2) is 17.1 Å². The normalized spacial score (nSPS) is 36.8. The third-order valence-electron chi connectivity index (χ3n) is 3.16. The third kappa shape index (κ3) is 2.31. The summed E-state index contributed by atoms with van der Waals surface area (Å²) in [5.41, 5.74) is -3.03. The number of aromatic amines is 1. The van der Waals surface area contributed by atoms with Gasteiger partial charge in [0.1, 0.15) is 41.4 Å². The Bertz CT molecular complexity index is 678. The molecule has 2 heterocycles. The highest BCUT2D eigenvalue weighted by Gasteiger charge is 2.66. The molecule has 0 bridgehead atoms. The van der Waals surface area contributed by atoms with Crippen molar-refractivity contribution >= 4 is 35.8 Å². The number of rotatable bonds is 2. The maximum Gasteiger partial charge on any atom is 0.251 e. The molecule has 12 heteroatoms. The van der Waals surface area contributed by atoms with Crippen molar-refractivity contribution in [1.29, 1.82) is 0 Å². The van der Waals surface area contributed by atoms with Gasteiger partial charge in [-0.2, -0.15) is 0 Å². The number of alkyl halides is 1. The summed E-state index contributed by atoms with van der Waals surface area (Å²) in [7, 11) is 15.7. The molecule has 106 valence electrons. The molecule has 0 spiro atoms. The van der Waals surface area contributed by atoms with Gasteiger partial charge in [-0.15, -0.1) is 0 Å². The van der Waals surface area contributed by atoms with Gasteiger partial charge in [-0.25, -0.2) is 4.39 Å². The highest BCUT2D eigenvalue weighted by Crippen LogP contribution is 2.44. The summed E-state index contributed by atoms with van der Waals surface area (Å²) in [4.78, 5) is 13.3. The van der Waals surface area contributed by atoms with Crippen molar-refractivity contribution in [2.75, 3.05) is 0 Å². The molecule has 6 radical (unpaired) electrons. The van der Waals surface area contributed by atoms with Crippen molar-refractivity contribution in [3.8, 4) is 0 Å². The fourth-order valence-electron chi connectivity index (χ4n) is 1.99. The summed E-state index contributed by atoms with van der Waals surface area (Å²) < 4.78 is 19.7. The number of aliphatic hydroxyl groups is 3. The standard InChI is InChI=1S/C9H8B3FN2O5S/c10-8(15-2-1-3(16)14-6(15)21)5(18)4(17)7(13,20-8)9(11,12)19/h1-2,4-5,17-19H,(H,14,16,21)/t4-,5+,7-,8-/m0/s1. The van der Waals surface area contributed by atoms with E-state index < -0.39 is 34.6 Å². The van der Waals surface area contributed by atoms with E-state index in [9.17, 15) is 24.5 Å². The zero-order valence-electron chi connectivity index (χ0n) is 10.4. The monoisotopic (exact) mass is 308 g/mol. The fraction of sp³-hybridized carbons (Fsp3) is 0.556. The van der Waals surface area contributed by atoms with Crippen LogP contribution in [0.4, 0.5) is 4.39 Å². The van der Waals surface area contributed by atoms with E-state index in [0.29, 0.717) is 0 Å². The lowest BCUT2D eigenvalue weighted by atomic mass is 9.59. The van der Waals surface area contributed by atoms with E-state index in [1.807, 2.05) is 0 Å². The lowest BCUT2D eigenvalue weighted by molar-refractivity contribution is -0.242. The van der Waals surface area contributed by atoms with Crippen molar-refractivity contribution in [3.63, 3.8) is 0 Å². The largest absolute Gasteiger partial charge is 0.403 e. The number of halogens is 1. The van der Waals surface area contributed by atoms with E-state index in [0.717, 1.165) is 16.8 Å². The number of nitrogens with zero attached hydrogens (tertiary/aromatic N) is 1. The van der Waals surface area contributed by atoms with Crippen LogP contribution in [-0.2, 0) is 10.4 Å². The van der Waals surface area contributed by atoms with Crippen LogP contribution < -0.4 is 5.56 Å². The molecular formula is C9H8B3FN2O5S. The van der Waals surface area contributed by atoms with Crippen LogP contribution in [0.1, 0.15) is 0 Å². The average molecular weight is 308 g/mol. The predicted molar refractivity (Wildman–Crippen MR) is 73.0 cm³/mol. The van der Waals surface area contributed by atoms with Crippen LogP contribution in [0, 0.1) is 4.77 Å². The van der Waals surface area contributed by atoms with Crippen LogP contribution in [0.25, 0.3) is 0 Å². The van der Waals surface area contributed by atoms with Crippen LogP contribution in [-0.4, -0.2) is 71.9 Å². The molecule has 0 amide bonds. The number of nitrogens with one attached hydrogen (secondary N) is 1. The molecule has 1 aromatic heterocycles. The Kier molecular flexibility index (Phi) is 3.74.